The Hall–Kier alpha value is -4.72. The molecule has 0 spiro atoms. The third-order valence-corrected chi connectivity index (χ3v) is 6.24. The molecule has 0 aliphatic carbocycles. The van der Waals surface area contributed by atoms with E-state index >= 15 is 0 Å². The van der Waals surface area contributed by atoms with E-state index in [1.807, 2.05) is 30.3 Å². The predicted molar refractivity (Wildman–Crippen MR) is 140 cm³/mol. The number of nitrogens with zero attached hydrogens (tertiary/aromatic N) is 4. The molecular formula is C27H27F2N7O2. The molecule has 0 radical (unpaired) electrons. The maximum atomic E-state index is 14.1. The zero-order valence-electron chi connectivity index (χ0n) is 20.6. The molecule has 3 aromatic rings. The van der Waals surface area contributed by atoms with Crippen molar-refractivity contribution in [3.63, 3.8) is 0 Å². The van der Waals surface area contributed by atoms with Crippen molar-refractivity contribution in [1.82, 2.24) is 9.88 Å². The van der Waals surface area contributed by atoms with Gasteiger partial charge in [-0.25, -0.2) is 13.8 Å². The van der Waals surface area contributed by atoms with Gasteiger partial charge in [0.2, 0.25) is 11.8 Å². The lowest BCUT2D eigenvalue weighted by Crippen LogP contribution is -2.48. The molecule has 1 saturated heterocycles. The van der Waals surface area contributed by atoms with E-state index in [1.54, 1.807) is 11.0 Å². The van der Waals surface area contributed by atoms with Gasteiger partial charge in [0.05, 0.1) is 12.5 Å². The lowest BCUT2D eigenvalue weighted by molar-refractivity contribution is -0.130. The SMILES string of the molecule is N#CCC(=O)N1CCN(c2ccc(Nc3cc(NCc4c(F)cccc4F)c(CC(N)=O)cn3)cc2)CC1. The Balaban J connectivity index is 1.43. The lowest BCUT2D eigenvalue weighted by Gasteiger charge is -2.36. The molecule has 0 bridgehead atoms. The third-order valence-electron chi connectivity index (χ3n) is 6.24. The molecule has 38 heavy (non-hydrogen) atoms. The monoisotopic (exact) mass is 519 g/mol. The van der Waals surface area contributed by atoms with Gasteiger partial charge in [0, 0.05) is 73.2 Å². The highest BCUT2D eigenvalue weighted by molar-refractivity contribution is 5.79. The highest BCUT2D eigenvalue weighted by atomic mass is 19.1. The Morgan fingerprint density at radius 1 is 1.05 bits per heavy atom. The smallest absolute Gasteiger partial charge is 0.236 e. The largest absolute Gasteiger partial charge is 0.380 e. The van der Waals surface area contributed by atoms with Crippen molar-refractivity contribution in [2.45, 2.75) is 19.4 Å². The number of hydrogen-bond acceptors (Lipinski definition) is 7. The zero-order chi connectivity index (χ0) is 27.1. The van der Waals surface area contributed by atoms with Crippen molar-refractivity contribution < 1.29 is 18.4 Å². The average molecular weight is 520 g/mol. The molecule has 1 fully saturated rings. The maximum Gasteiger partial charge on any atom is 0.236 e. The van der Waals surface area contributed by atoms with Crippen LogP contribution < -0.4 is 21.3 Å². The first-order chi connectivity index (χ1) is 18.3. The van der Waals surface area contributed by atoms with Crippen LogP contribution in [0.3, 0.4) is 0 Å². The van der Waals surface area contributed by atoms with Crippen LogP contribution in [0.15, 0.2) is 54.7 Å². The number of piperazine rings is 1. The van der Waals surface area contributed by atoms with Crippen LogP contribution in [0.5, 0.6) is 0 Å². The van der Waals surface area contributed by atoms with E-state index in [1.165, 1.54) is 24.4 Å². The fourth-order valence-electron chi connectivity index (χ4n) is 4.23. The Kier molecular flexibility index (Phi) is 8.33. The number of pyridine rings is 1. The van der Waals surface area contributed by atoms with Gasteiger partial charge in [-0.2, -0.15) is 5.26 Å². The van der Waals surface area contributed by atoms with Crippen LogP contribution in [0.4, 0.5) is 31.7 Å². The van der Waals surface area contributed by atoms with Crippen LogP contribution in [0, 0.1) is 23.0 Å². The van der Waals surface area contributed by atoms with Gasteiger partial charge in [-0.3, -0.25) is 9.59 Å². The number of aromatic nitrogens is 1. The van der Waals surface area contributed by atoms with Gasteiger partial charge in [-0.1, -0.05) is 6.07 Å². The molecule has 4 N–H and O–H groups in total. The fraction of sp³-hybridized carbons (Fsp3) is 0.259. The molecule has 0 saturated carbocycles. The number of carbonyl (C=O) groups is 2. The zero-order valence-corrected chi connectivity index (χ0v) is 20.6. The first-order valence-corrected chi connectivity index (χ1v) is 12.0. The van der Waals surface area contributed by atoms with Gasteiger partial charge in [0.15, 0.2) is 0 Å². The van der Waals surface area contributed by atoms with Crippen LogP contribution >= 0.6 is 0 Å². The second kappa shape index (κ2) is 12.0. The Morgan fingerprint density at radius 3 is 2.37 bits per heavy atom. The summed E-state index contributed by atoms with van der Waals surface area (Å²) in [6.45, 7) is 2.34. The minimum absolute atomic E-state index is 0.0839. The Bertz CT molecular complexity index is 1330. The molecule has 2 heterocycles. The molecule has 196 valence electrons. The highest BCUT2D eigenvalue weighted by Crippen LogP contribution is 2.25. The summed E-state index contributed by atoms with van der Waals surface area (Å²) in [5.41, 5.74) is 7.98. The number of rotatable bonds is 9. The number of nitrogens with one attached hydrogen (secondary N) is 2. The summed E-state index contributed by atoms with van der Waals surface area (Å²) in [5.74, 6) is -1.58. The topological polar surface area (TPSA) is 127 Å². The summed E-state index contributed by atoms with van der Waals surface area (Å²) in [7, 11) is 0. The quantitative estimate of drug-likeness (QED) is 0.396. The number of carbonyl (C=O) groups excluding carboxylic acids is 2. The maximum absolute atomic E-state index is 14.1. The fourth-order valence-corrected chi connectivity index (χ4v) is 4.23. The number of benzene rings is 2. The molecule has 0 atom stereocenters. The van der Waals surface area contributed by atoms with Crippen molar-refractivity contribution in [3.8, 4) is 6.07 Å². The van der Waals surface area contributed by atoms with Gasteiger partial charge in [0.25, 0.3) is 0 Å². The second-order valence-corrected chi connectivity index (χ2v) is 8.80. The summed E-state index contributed by atoms with van der Waals surface area (Å²) in [6.07, 6.45) is 1.31. The molecule has 1 aromatic heterocycles. The summed E-state index contributed by atoms with van der Waals surface area (Å²) >= 11 is 0. The van der Waals surface area contributed by atoms with Crippen LogP contribution in [0.2, 0.25) is 0 Å². The van der Waals surface area contributed by atoms with Gasteiger partial charge < -0.3 is 26.2 Å². The Labute approximate surface area is 218 Å². The van der Waals surface area contributed by atoms with Crippen molar-refractivity contribution in [2.24, 2.45) is 5.73 Å². The number of primary amides is 1. The number of nitrogens with two attached hydrogens (primary N) is 1. The van der Waals surface area contributed by atoms with Crippen molar-refractivity contribution in [2.75, 3.05) is 41.7 Å². The first-order valence-electron chi connectivity index (χ1n) is 12.0. The average Bonchev–Trinajstić information content (AvgIpc) is 2.90. The van der Waals surface area contributed by atoms with Crippen molar-refractivity contribution in [1.29, 1.82) is 5.26 Å². The number of halogens is 2. The Morgan fingerprint density at radius 2 is 1.74 bits per heavy atom. The van der Waals surface area contributed by atoms with Gasteiger partial charge in [-0.05, 0) is 36.4 Å². The van der Waals surface area contributed by atoms with E-state index in [2.05, 4.69) is 20.5 Å². The van der Waals surface area contributed by atoms with Crippen molar-refractivity contribution in [3.05, 3.63) is 77.5 Å². The normalized spacial score (nSPS) is 13.1. The summed E-state index contributed by atoms with van der Waals surface area (Å²) in [6, 6.07) is 14.9. The molecule has 1 aliphatic rings. The first kappa shape index (κ1) is 26.3. The van der Waals surface area contributed by atoms with E-state index in [0.717, 1.165) is 11.4 Å². The predicted octanol–water partition coefficient (Wildman–Crippen LogP) is 3.31. The van der Waals surface area contributed by atoms with E-state index in [4.69, 9.17) is 11.0 Å². The van der Waals surface area contributed by atoms with E-state index in [-0.39, 0.29) is 30.9 Å². The minimum atomic E-state index is -0.670. The molecule has 1 aliphatic heterocycles. The van der Waals surface area contributed by atoms with Gasteiger partial charge in [-0.15, -0.1) is 0 Å². The number of hydrogen-bond donors (Lipinski definition) is 3. The van der Waals surface area contributed by atoms with Gasteiger partial charge >= 0.3 is 0 Å². The second-order valence-electron chi connectivity index (χ2n) is 8.80. The summed E-state index contributed by atoms with van der Waals surface area (Å²) < 4.78 is 28.1. The third kappa shape index (κ3) is 6.53. The standard InChI is InChI=1S/C27H27F2N7O2/c28-22-2-1-3-23(29)21(22)17-32-24-15-26(33-16-18(24)14-25(31)37)34-19-4-6-20(7-5-19)35-10-12-36(13-11-35)27(38)8-9-30/h1-7,15-16H,8,10-14,17H2,(H2,31,37)(H2,32,33,34). The van der Waals surface area contributed by atoms with E-state index in [9.17, 15) is 18.4 Å². The summed E-state index contributed by atoms with van der Waals surface area (Å²) in [5, 5.41) is 14.9. The molecule has 11 heteroatoms. The van der Waals surface area contributed by atoms with Crippen LogP contribution in [-0.2, 0) is 22.6 Å². The summed E-state index contributed by atoms with van der Waals surface area (Å²) in [4.78, 5) is 31.7. The van der Waals surface area contributed by atoms with E-state index < -0.39 is 17.5 Å². The molecule has 0 unspecified atom stereocenters. The van der Waals surface area contributed by atoms with Crippen LogP contribution in [0.25, 0.3) is 0 Å². The molecular weight excluding hydrogens is 492 g/mol. The number of nitriles is 1. The molecule has 2 aromatic carbocycles. The van der Waals surface area contributed by atoms with Crippen LogP contribution in [0.1, 0.15) is 17.5 Å². The molecule has 4 rings (SSSR count). The van der Waals surface area contributed by atoms with Gasteiger partial charge in [0.1, 0.15) is 23.9 Å². The van der Waals surface area contributed by atoms with E-state index in [0.29, 0.717) is 43.2 Å². The lowest BCUT2D eigenvalue weighted by atomic mass is 10.1. The van der Waals surface area contributed by atoms with Crippen LogP contribution in [-0.4, -0.2) is 47.9 Å². The molecule has 2 amide bonds. The number of anilines is 4. The van der Waals surface area contributed by atoms with Crippen molar-refractivity contribution >= 4 is 34.7 Å². The molecule has 9 nitrogen and oxygen atoms in total. The minimum Gasteiger partial charge on any atom is -0.380 e. The highest BCUT2D eigenvalue weighted by Gasteiger charge is 2.21. The number of amides is 2.